The highest BCUT2D eigenvalue weighted by atomic mass is 19.1. The second-order valence-corrected chi connectivity index (χ2v) is 11.2. The van der Waals surface area contributed by atoms with E-state index in [1.165, 1.54) is 56.7 Å². The molecule has 1 saturated heterocycles. The molecule has 0 spiro atoms. The second-order valence-electron chi connectivity index (χ2n) is 11.2. The summed E-state index contributed by atoms with van der Waals surface area (Å²) in [7, 11) is 0. The molecule has 1 N–H and O–H groups in total. The highest BCUT2D eigenvalue weighted by Gasteiger charge is 2.51. The van der Waals surface area contributed by atoms with E-state index in [-0.39, 0.29) is 17.5 Å². The zero-order chi connectivity index (χ0) is 21.4. The van der Waals surface area contributed by atoms with Crippen molar-refractivity contribution in [2.24, 2.45) is 29.1 Å². The maximum atomic E-state index is 13.9. The molecule has 5 aliphatic rings. The van der Waals surface area contributed by atoms with E-state index in [1.54, 1.807) is 0 Å². The highest BCUT2D eigenvalue weighted by Crippen LogP contribution is 2.61. The van der Waals surface area contributed by atoms with Crippen LogP contribution in [-0.2, 0) is 11.2 Å². The molecule has 4 saturated carbocycles. The zero-order valence-corrected chi connectivity index (χ0v) is 18.6. The number of nitrogens with one attached hydrogen (secondary N) is 1. The van der Waals surface area contributed by atoms with Crippen molar-refractivity contribution in [1.82, 2.24) is 10.2 Å². The van der Waals surface area contributed by atoms with Gasteiger partial charge < -0.3 is 10.2 Å². The van der Waals surface area contributed by atoms with Gasteiger partial charge in [0, 0.05) is 19.5 Å². The Bertz CT molecular complexity index is 767. The van der Waals surface area contributed by atoms with Crippen LogP contribution >= 0.6 is 0 Å². The molecule has 0 unspecified atom stereocenters. The van der Waals surface area contributed by atoms with E-state index in [1.807, 2.05) is 0 Å². The molecule has 4 bridgehead atoms. The minimum absolute atomic E-state index is 0.249. The Hall–Kier alpha value is -1.49. The van der Waals surface area contributed by atoms with Gasteiger partial charge in [0.2, 0.25) is 5.91 Å². The molecule has 5 heteroatoms. The number of piperidine rings is 1. The Labute approximate surface area is 185 Å². The lowest BCUT2D eigenvalue weighted by Gasteiger charge is -2.56. The zero-order valence-electron chi connectivity index (χ0n) is 18.6. The van der Waals surface area contributed by atoms with Crippen LogP contribution in [0.3, 0.4) is 0 Å². The van der Waals surface area contributed by atoms with Gasteiger partial charge in [-0.3, -0.25) is 4.79 Å². The predicted molar refractivity (Wildman–Crippen MR) is 117 cm³/mol. The van der Waals surface area contributed by atoms with Gasteiger partial charge in [0.25, 0.3) is 0 Å². The second kappa shape index (κ2) is 8.80. The fourth-order valence-corrected chi connectivity index (χ4v) is 7.69. The fourth-order valence-electron chi connectivity index (χ4n) is 7.69. The maximum absolute atomic E-state index is 13.9. The van der Waals surface area contributed by atoms with E-state index in [4.69, 9.17) is 0 Å². The van der Waals surface area contributed by atoms with Crippen LogP contribution in [0, 0.1) is 40.7 Å². The SMILES string of the molecule is O=C(CC12CC3CC(CC(C3)C1)C2)NCCN1CCC(Cc2cc(F)ccc2F)CC1. The van der Waals surface area contributed by atoms with Crippen molar-refractivity contribution in [3.8, 4) is 0 Å². The van der Waals surface area contributed by atoms with Crippen molar-refractivity contribution >= 4 is 5.91 Å². The lowest BCUT2D eigenvalue weighted by Crippen LogP contribution is -2.48. The van der Waals surface area contributed by atoms with E-state index < -0.39 is 0 Å². The topological polar surface area (TPSA) is 32.3 Å². The Balaban J connectivity index is 1.02. The summed E-state index contributed by atoms with van der Waals surface area (Å²) in [4.78, 5) is 15.1. The summed E-state index contributed by atoms with van der Waals surface area (Å²) >= 11 is 0. The molecule has 0 radical (unpaired) electrons. The van der Waals surface area contributed by atoms with Crippen molar-refractivity contribution < 1.29 is 13.6 Å². The molecule has 1 aromatic carbocycles. The predicted octanol–water partition coefficient (Wildman–Crippen LogP) is 4.94. The maximum Gasteiger partial charge on any atom is 0.220 e. The Morgan fingerprint density at radius 2 is 1.68 bits per heavy atom. The number of amides is 1. The molecule has 170 valence electrons. The third-order valence-corrected chi connectivity index (χ3v) is 8.67. The average Bonchev–Trinajstić information content (AvgIpc) is 2.70. The third-order valence-electron chi connectivity index (χ3n) is 8.67. The number of hydrogen-bond donors (Lipinski definition) is 1. The normalized spacial score (nSPS) is 33.0. The number of nitrogens with zero attached hydrogens (tertiary/aromatic N) is 1. The summed E-state index contributed by atoms with van der Waals surface area (Å²) in [6, 6.07) is 3.74. The summed E-state index contributed by atoms with van der Waals surface area (Å²) in [5.41, 5.74) is 0.805. The summed E-state index contributed by atoms with van der Waals surface area (Å²) in [6.45, 7) is 3.53. The number of halogens is 2. The molecule has 5 fully saturated rings. The van der Waals surface area contributed by atoms with Crippen LogP contribution in [-0.4, -0.2) is 37.0 Å². The number of likely N-dealkylation sites (tertiary alicyclic amines) is 1. The van der Waals surface area contributed by atoms with Gasteiger partial charge in [-0.25, -0.2) is 8.78 Å². The molecule has 6 rings (SSSR count). The van der Waals surface area contributed by atoms with Crippen LogP contribution in [0.1, 0.15) is 63.4 Å². The summed E-state index contributed by atoms with van der Waals surface area (Å²) < 4.78 is 27.3. The van der Waals surface area contributed by atoms with Gasteiger partial charge in [0.15, 0.2) is 0 Å². The molecular formula is C26H36F2N2O. The molecular weight excluding hydrogens is 394 g/mol. The van der Waals surface area contributed by atoms with Gasteiger partial charge in [0.05, 0.1) is 0 Å². The van der Waals surface area contributed by atoms with E-state index in [0.29, 0.717) is 29.9 Å². The first kappa shape index (κ1) is 21.4. The van der Waals surface area contributed by atoms with E-state index in [9.17, 15) is 13.6 Å². The Morgan fingerprint density at radius 3 is 2.32 bits per heavy atom. The lowest BCUT2D eigenvalue weighted by atomic mass is 9.49. The lowest BCUT2D eigenvalue weighted by molar-refractivity contribution is -0.129. The number of benzene rings is 1. The summed E-state index contributed by atoms with van der Waals surface area (Å²) in [5, 5.41) is 3.20. The molecule has 3 nitrogen and oxygen atoms in total. The van der Waals surface area contributed by atoms with Crippen molar-refractivity contribution in [3.63, 3.8) is 0 Å². The standard InChI is InChI=1S/C26H36F2N2O/c27-23-1-2-24(28)22(13-23)12-18-3-6-30(7-4-18)8-5-29-25(31)17-26-14-19-9-20(15-26)11-21(10-19)16-26/h1-2,13,18-21H,3-12,14-17H2,(H,29,31). The van der Waals surface area contributed by atoms with Gasteiger partial charge in [-0.15, -0.1) is 0 Å². The first-order valence-corrected chi connectivity index (χ1v) is 12.4. The van der Waals surface area contributed by atoms with Gasteiger partial charge in [-0.2, -0.15) is 0 Å². The van der Waals surface area contributed by atoms with E-state index in [2.05, 4.69) is 10.2 Å². The van der Waals surface area contributed by atoms with Crippen LogP contribution < -0.4 is 5.32 Å². The van der Waals surface area contributed by atoms with Crippen LogP contribution in [0.4, 0.5) is 8.78 Å². The van der Waals surface area contributed by atoms with Crippen molar-refractivity contribution in [2.45, 2.75) is 64.2 Å². The van der Waals surface area contributed by atoms with Crippen LogP contribution in [0.25, 0.3) is 0 Å². The van der Waals surface area contributed by atoms with Crippen LogP contribution in [0.15, 0.2) is 18.2 Å². The smallest absolute Gasteiger partial charge is 0.220 e. The van der Waals surface area contributed by atoms with E-state index in [0.717, 1.165) is 56.7 Å². The van der Waals surface area contributed by atoms with Gasteiger partial charge >= 0.3 is 0 Å². The van der Waals surface area contributed by atoms with Gasteiger partial charge in [0.1, 0.15) is 11.6 Å². The fraction of sp³-hybridized carbons (Fsp3) is 0.731. The number of hydrogen-bond acceptors (Lipinski definition) is 2. The van der Waals surface area contributed by atoms with Crippen LogP contribution in [0.5, 0.6) is 0 Å². The van der Waals surface area contributed by atoms with Crippen LogP contribution in [0.2, 0.25) is 0 Å². The molecule has 31 heavy (non-hydrogen) atoms. The number of rotatable bonds is 7. The molecule has 1 heterocycles. The molecule has 1 aromatic rings. The number of carbonyl (C=O) groups excluding carboxylic acids is 1. The van der Waals surface area contributed by atoms with Gasteiger partial charge in [-0.05, 0) is 124 Å². The Kier molecular flexibility index (Phi) is 6.07. The first-order chi connectivity index (χ1) is 15.0. The van der Waals surface area contributed by atoms with Crippen molar-refractivity contribution in [3.05, 3.63) is 35.4 Å². The molecule has 4 aliphatic carbocycles. The minimum Gasteiger partial charge on any atom is -0.355 e. The first-order valence-electron chi connectivity index (χ1n) is 12.4. The quantitative estimate of drug-likeness (QED) is 0.664. The average molecular weight is 431 g/mol. The molecule has 1 amide bonds. The third kappa shape index (κ3) is 4.97. The molecule has 0 aromatic heterocycles. The monoisotopic (exact) mass is 430 g/mol. The largest absolute Gasteiger partial charge is 0.355 e. The molecule has 1 aliphatic heterocycles. The summed E-state index contributed by atoms with van der Waals surface area (Å²) in [6.07, 6.45) is 11.4. The van der Waals surface area contributed by atoms with E-state index >= 15 is 0 Å². The van der Waals surface area contributed by atoms with Gasteiger partial charge in [-0.1, -0.05) is 0 Å². The Morgan fingerprint density at radius 1 is 1.03 bits per heavy atom. The number of carbonyl (C=O) groups is 1. The molecule has 0 atom stereocenters. The van der Waals surface area contributed by atoms with Crippen molar-refractivity contribution in [2.75, 3.05) is 26.2 Å². The highest BCUT2D eigenvalue weighted by molar-refractivity contribution is 5.76. The van der Waals surface area contributed by atoms with Crippen molar-refractivity contribution in [1.29, 1.82) is 0 Å². The minimum atomic E-state index is -0.363. The summed E-state index contributed by atoms with van der Waals surface area (Å²) in [5.74, 6) is 2.66.